The van der Waals surface area contributed by atoms with Crippen LogP contribution in [0.3, 0.4) is 0 Å². The SMILES string of the molecule is CCOC(=O)Cc1cc(N2C(=S)N(c3cnc(C#N)c(C(F)(F)F)c3)C(=O)C23CCC3)ccc1F. The van der Waals surface area contributed by atoms with Gasteiger partial charge < -0.3 is 9.64 Å². The van der Waals surface area contributed by atoms with Crippen molar-refractivity contribution in [2.75, 3.05) is 16.4 Å². The summed E-state index contributed by atoms with van der Waals surface area (Å²) in [7, 11) is 0. The molecule has 1 saturated heterocycles. The molecule has 2 aliphatic rings. The predicted octanol–water partition coefficient (Wildman–Crippen LogP) is 4.28. The molecule has 0 unspecified atom stereocenters. The molecule has 2 fully saturated rings. The Morgan fingerprint density at radius 3 is 2.57 bits per heavy atom. The summed E-state index contributed by atoms with van der Waals surface area (Å²) in [6.45, 7) is 1.75. The van der Waals surface area contributed by atoms with Gasteiger partial charge in [0.15, 0.2) is 10.8 Å². The summed E-state index contributed by atoms with van der Waals surface area (Å²) in [4.78, 5) is 31.5. The molecule has 1 spiro atoms. The molecule has 4 rings (SSSR count). The van der Waals surface area contributed by atoms with Gasteiger partial charge in [0.1, 0.15) is 17.4 Å². The van der Waals surface area contributed by atoms with Crippen molar-refractivity contribution in [3.05, 3.63) is 53.1 Å². The first-order valence-electron chi connectivity index (χ1n) is 10.6. The largest absolute Gasteiger partial charge is 0.466 e. The van der Waals surface area contributed by atoms with Gasteiger partial charge in [0.2, 0.25) is 0 Å². The fourth-order valence-electron chi connectivity index (χ4n) is 4.29. The molecule has 1 aliphatic carbocycles. The Labute approximate surface area is 202 Å². The summed E-state index contributed by atoms with van der Waals surface area (Å²) in [6, 6.07) is 5.98. The van der Waals surface area contributed by atoms with Crippen molar-refractivity contribution in [1.82, 2.24) is 4.98 Å². The number of thiocarbonyl (C=S) groups is 1. The number of benzene rings is 1. The normalized spacial score (nSPS) is 16.9. The molecule has 35 heavy (non-hydrogen) atoms. The maximum Gasteiger partial charge on any atom is 0.419 e. The fourth-order valence-corrected chi connectivity index (χ4v) is 4.76. The van der Waals surface area contributed by atoms with Gasteiger partial charge in [0, 0.05) is 11.3 Å². The Bertz CT molecular complexity index is 1270. The third kappa shape index (κ3) is 4.10. The van der Waals surface area contributed by atoms with E-state index < -0.39 is 40.7 Å². The van der Waals surface area contributed by atoms with E-state index in [1.165, 1.54) is 23.1 Å². The van der Waals surface area contributed by atoms with Crippen molar-refractivity contribution < 1.29 is 31.9 Å². The molecule has 1 saturated carbocycles. The second kappa shape index (κ2) is 8.88. The number of hydrogen-bond donors (Lipinski definition) is 0. The first-order chi connectivity index (χ1) is 16.5. The number of pyridine rings is 1. The van der Waals surface area contributed by atoms with Crippen molar-refractivity contribution in [3.8, 4) is 6.07 Å². The Morgan fingerprint density at radius 2 is 2.00 bits per heavy atom. The minimum absolute atomic E-state index is 0.0310. The number of ether oxygens (including phenoxy) is 1. The van der Waals surface area contributed by atoms with Crippen LogP contribution in [0.4, 0.5) is 28.9 Å². The molecule has 0 atom stereocenters. The molecule has 0 radical (unpaired) electrons. The van der Waals surface area contributed by atoms with Crippen LogP contribution in [-0.2, 0) is 26.9 Å². The lowest BCUT2D eigenvalue weighted by molar-refractivity contribution is -0.142. The van der Waals surface area contributed by atoms with Crippen molar-refractivity contribution in [1.29, 1.82) is 5.26 Å². The van der Waals surface area contributed by atoms with E-state index in [2.05, 4.69) is 4.98 Å². The van der Waals surface area contributed by atoms with E-state index >= 15 is 0 Å². The van der Waals surface area contributed by atoms with Gasteiger partial charge in [0.05, 0.1) is 30.5 Å². The number of esters is 1. The number of alkyl halides is 3. The van der Waals surface area contributed by atoms with Gasteiger partial charge in [-0.1, -0.05) is 0 Å². The van der Waals surface area contributed by atoms with E-state index in [1.807, 2.05) is 0 Å². The smallest absolute Gasteiger partial charge is 0.419 e. The van der Waals surface area contributed by atoms with Crippen LogP contribution >= 0.6 is 12.2 Å². The topological polar surface area (TPSA) is 86.5 Å². The van der Waals surface area contributed by atoms with E-state index in [0.717, 1.165) is 17.2 Å². The monoisotopic (exact) mass is 506 g/mol. The average Bonchev–Trinajstić information content (AvgIpc) is 3.01. The zero-order chi connectivity index (χ0) is 25.5. The molecule has 182 valence electrons. The minimum Gasteiger partial charge on any atom is -0.466 e. The van der Waals surface area contributed by atoms with Gasteiger partial charge >= 0.3 is 12.1 Å². The number of carbonyl (C=O) groups is 2. The maximum atomic E-state index is 14.4. The molecule has 12 heteroatoms. The first kappa shape index (κ1) is 24.5. The lowest BCUT2D eigenvalue weighted by Crippen LogP contribution is -2.55. The number of anilines is 2. The minimum atomic E-state index is -4.87. The van der Waals surface area contributed by atoms with Gasteiger partial charge in [-0.05, 0) is 62.7 Å². The Morgan fingerprint density at radius 1 is 1.29 bits per heavy atom. The van der Waals surface area contributed by atoms with Crippen LogP contribution < -0.4 is 9.80 Å². The molecule has 0 N–H and O–H groups in total. The second-order valence-corrected chi connectivity index (χ2v) is 8.47. The fraction of sp³-hybridized carbons (Fsp3) is 0.348. The quantitative estimate of drug-likeness (QED) is 0.340. The van der Waals surface area contributed by atoms with Gasteiger partial charge in [-0.25, -0.2) is 9.37 Å². The number of hydrogen-bond acceptors (Lipinski definition) is 6. The van der Waals surface area contributed by atoms with Crippen molar-refractivity contribution in [2.24, 2.45) is 0 Å². The van der Waals surface area contributed by atoms with E-state index in [0.29, 0.717) is 31.0 Å². The summed E-state index contributed by atoms with van der Waals surface area (Å²) in [6.07, 6.45) is -2.79. The van der Waals surface area contributed by atoms with E-state index in [4.69, 9.17) is 22.2 Å². The number of aromatic nitrogens is 1. The number of nitrogens with zero attached hydrogens (tertiary/aromatic N) is 4. The van der Waals surface area contributed by atoms with Crippen LogP contribution in [0.1, 0.15) is 43.0 Å². The van der Waals surface area contributed by atoms with E-state index in [1.54, 1.807) is 6.92 Å². The lowest BCUT2D eigenvalue weighted by atomic mass is 9.75. The Hall–Kier alpha value is -3.59. The zero-order valence-corrected chi connectivity index (χ0v) is 19.2. The van der Waals surface area contributed by atoms with Crippen LogP contribution in [0.2, 0.25) is 0 Å². The summed E-state index contributed by atoms with van der Waals surface area (Å²) < 4.78 is 59.8. The predicted molar refractivity (Wildman–Crippen MR) is 120 cm³/mol. The lowest BCUT2D eigenvalue weighted by Gasteiger charge is -2.43. The van der Waals surface area contributed by atoms with Crippen molar-refractivity contribution >= 4 is 40.6 Å². The highest BCUT2D eigenvalue weighted by molar-refractivity contribution is 7.81. The zero-order valence-electron chi connectivity index (χ0n) is 18.4. The van der Waals surface area contributed by atoms with Crippen LogP contribution in [0, 0.1) is 17.1 Å². The average molecular weight is 506 g/mol. The molecule has 7 nitrogen and oxygen atoms in total. The molecule has 0 bridgehead atoms. The highest BCUT2D eigenvalue weighted by Gasteiger charge is 2.59. The van der Waals surface area contributed by atoms with Crippen molar-refractivity contribution in [2.45, 2.75) is 44.3 Å². The number of carbonyl (C=O) groups excluding carboxylic acids is 2. The summed E-state index contributed by atoms with van der Waals surface area (Å²) in [5.74, 6) is -1.82. The summed E-state index contributed by atoms with van der Waals surface area (Å²) in [5.41, 5.74) is -3.13. The molecule has 1 aliphatic heterocycles. The van der Waals surface area contributed by atoms with Crippen LogP contribution in [0.15, 0.2) is 30.5 Å². The molecule has 2 heterocycles. The van der Waals surface area contributed by atoms with Gasteiger partial charge in [0.25, 0.3) is 5.91 Å². The summed E-state index contributed by atoms with van der Waals surface area (Å²) in [5, 5.41) is 8.91. The molecule has 1 amide bonds. The molecular formula is C23H18F4N4O3S. The highest BCUT2D eigenvalue weighted by Crippen LogP contribution is 2.48. The third-order valence-corrected chi connectivity index (χ3v) is 6.43. The Kier molecular flexibility index (Phi) is 6.23. The molecule has 1 aromatic carbocycles. The Balaban J connectivity index is 1.77. The van der Waals surface area contributed by atoms with Crippen LogP contribution in [0.25, 0.3) is 0 Å². The van der Waals surface area contributed by atoms with Crippen LogP contribution in [0.5, 0.6) is 0 Å². The van der Waals surface area contributed by atoms with Crippen molar-refractivity contribution in [3.63, 3.8) is 0 Å². The van der Waals surface area contributed by atoms with Gasteiger partial charge in [-0.2, -0.15) is 18.4 Å². The number of halogens is 4. The molecule has 1 aromatic heterocycles. The number of amides is 1. The number of nitriles is 1. The second-order valence-electron chi connectivity index (χ2n) is 8.10. The summed E-state index contributed by atoms with van der Waals surface area (Å²) >= 11 is 5.53. The van der Waals surface area contributed by atoms with Gasteiger partial charge in [-0.15, -0.1) is 0 Å². The van der Waals surface area contributed by atoms with E-state index in [9.17, 15) is 27.2 Å². The molecular weight excluding hydrogens is 488 g/mol. The van der Waals surface area contributed by atoms with Gasteiger partial charge in [-0.3, -0.25) is 14.5 Å². The molecule has 2 aromatic rings. The van der Waals surface area contributed by atoms with E-state index in [-0.39, 0.29) is 29.4 Å². The first-order valence-corrected chi connectivity index (χ1v) is 11.0. The standard InChI is InChI=1S/C23H18F4N4O3S/c1-2-34-19(32)9-13-8-14(4-5-17(13)24)31-21(35)30(20(33)22(31)6-3-7-22)15-10-16(23(25,26)27)18(11-28)29-12-15/h4-5,8,10,12H,2-3,6-7,9H2,1H3. The third-order valence-electron chi connectivity index (χ3n) is 6.06. The van der Waals surface area contributed by atoms with Crippen LogP contribution in [-0.4, -0.2) is 34.1 Å². The maximum absolute atomic E-state index is 14.4. The highest BCUT2D eigenvalue weighted by atomic mass is 32.1. The number of rotatable bonds is 5.